The normalized spacial score (nSPS) is 46.7. The van der Waals surface area contributed by atoms with Crippen molar-refractivity contribution in [2.45, 2.75) is 65.2 Å². The van der Waals surface area contributed by atoms with Gasteiger partial charge >= 0.3 is 0 Å². The average molecular weight is 359 g/mol. The number of allylic oxidation sites excluding steroid dienone is 1. The summed E-state index contributed by atoms with van der Waals surface area (Å²) in [7, 11) is 0. The Balaban J connectivity index is 1.57. The molecule has 144 valence electrons. The van der Waals surface area contributed by atoms with E-state index in [4.69, 9.17) is 10.6 Å². The summed E-state index contributed by atoms with van der Waals surface area (Å²) < 4.78 is 0. The van der Waals surface area contributed by atoms with Gasteiger partial charge in [0.2, 0.25) is 0 Å². The van der Waals surface area contributed by atoms with Crippen LogP contribution in [-0.4, -0.2) is 24.6 Å². The van der Waals surface area contributed by atoms with Crippen LogP contribution in [0.3, 0.4) is 0 Å². The Labute approximate surface area is 157 Å². The number of rotatable bonds is 3. The molecular weight excluding hydrogens is 324 g/mol. The second-order valence-electron chi connectivity index (χ2n) is 9.71. The van der Waals surface area contributed by atoms with Crippen LogP contribution in [0, 0.1) is 34.5 Å². The summed E-state index contributed by atoms with van der Waals surface area (Å²) in [6.45, 7) is 10.3. The molecule has 4 heteroatoms. The van der Waals surface area contributed by atoms with Crippen molar-refractivity contribution in [2.24, 2.45) is 45.4 Å². The second kappa shape index (κ2) is 6.47. The molecule has 0 saturated heterocycles. The quantitative estimate of drug-likeness (QED) is 0.469. The van der Waals surface area contributed by atoms with Crippen LogP contribution in [0.15, 0.2) is 17.3 Å². The summed E-state index contributed by atoms with van der Waals surface area (Å²) in [4.78, 5) is 17.9. The molecule has 0 spiro atoms. The molecule has 0 radical (unpaired) electrons. The molecule has 0 aromatic carbocycles. The number of Topliss-reactive ketones (excluding diaryl/α,β-unsaturated/α-hetero) is 1. The van der Waals surface area contributed by atoms with E-state index in [0.717, 1.165) is 38.5 Å². The first-order chi connectivity index (χ1) is 12.4. The third-order valence-electron chi connectivity index (χ3n) is 8.58. The molecule has 0 bridgehead atoms. The van der Waals surface area contributed by atoms with Gasteiger partial charge in [-0.1, -0.05) is 31.2 Å². The Hall–Kier alpha value is -1.16. The Morgan fingerprint density at radius 3 is 2.77 bits per heavy atom. The zero-order valence-corrected chi connectivity index (χ0v) is 16.4. The molecule has 4 saturated carbocycles. The predicted octanol–water partition coefficient (Wildman–Crippen LogP) is 4.10. The maximum Gasteiger partial charge on any atom is 0.139 e. The number of oxime groups is 1. The number of fused-ring (bicyclic) bond motifs is 5. The molecule has 4 nitrogen and oxygen atoms in total. The van der Waals surface area contributed by atoms with Crippen molar-refractivity contribution in [3.8, 4) is 0 Å². The zero-order chi connectivity index (χ0) is 18.5. The SMILES string of the molecule is C=C1CC2C/C(=N/OCCN)CC[C@]2(C)C2CC[C@]3(C)C(=O)CCC3C12. The van der Waals surface area contributed by atoms with Gasteiger partial charge in [0.05, 0.1) is 5.71 Å². The first-order valence-corrected chi connectivity index (χ1v) is 10.5. The van der Waals surface area contributed by atoms with E-state index < -0.39 is 0 Å². The van der Waals surface area contributed by atoms with Crippen LogP contribution in [0.1, 0.15) is 65.2 Å². The monoisotopic (exact) mass is 358 g/mol. The number of hydrogen-bond donors (Lipinski definition) is 1. The van der Waals surface area contributed by atoms with Crippen LogP contribution >= 0.6 is 0 Å². The second-order valence-corrected chi connectivity index (χ2v) is 9.71. The number of nitrogens with zero attached hydrogens (tertiary/aromatic N) is 1. The first kappa shape index (κ1) is 18.2. The Bertz CT molecular complexity index is 642. The summed E-state index contributed by atoms with van der Waals surface area (Å²) in [5, 5.41) is 4.36. The maximum atomic E-state index is 12.6. The fourth-order valence-corrected chi connectivity index (χ4v) is 6.98. The van der Waals surface area contributed by atoms with E-state index in [-0.39, 0.29) is 5.41 Å². The van der Waals surface area contributed by atoms with Gasteiger partial charge in [-0.2, -0.15) is 0 Å². The van der Waals surface area contributed by atoms with Gasteiger partial charge in [-0.15, -0.1) is 0 Å². The van der Waals surface area contributed by atoms with E-state index in [9.17, 15) is 4.79 Å². The van der Waals surface area contributed by atoms with Crippen LogP contribution in [0.5, 0.6) is 0 Å². The van der Waals surface area contributed by atoms with Crippen molar-refractivity contribution in [1.29, 1.82) is 0 Å². The van der Waals surface area contributed by atoms with Gasteiger partial charge < -0.3 is 10.6 Å². The van der Waals surface area contributed by atoms with Crippen LogP contribution < -0.4 is 5.73 Å². The third-order valence-corrected chi connectivity index (χ3v) is 8.58. The largest absolute Gasteiger partial charge is 0.395 e. The molecule has 2 N–H and O–H groups in total. The molecule has 0 heterocycles. The van der Waals surface area contributed by atoms with Gasteiger partial charge in [-0.25, -0.2) is 0 Å². The number of hydrogen-bond acceptors (Lipinski definition) is 4. The lowest BCUT2D eigenvalue weighted by atomic mass is 9.44. The number of carbonyl (C=O) groups excluding carboxylic acids is 1. The minimum absolute atomic E-state index is 0.0787. The van der Waals surface area contributed by atoms with Gasteiger partial charge in [0.25, 0.3) is 0 Å². The Morgan fingerprint density at radius 2 is 2.00 bits per heavy atom. The minimum atomic E-state index is -0.0787. The van der Waals surface area contributed by atoms with E-state index in [1.54, 1.807) is 0 Å². The third kappa shape index (κ3) is 2.59. The van der Waals surface area contributed by atoms with Gasteiger partial charge in [-0.05, 0) is 74.0 Å². The topological polar surface area (TPSA) is 64.7 Å². The highest BCUT2D eigenvalue weighted by molar-refractivity contribution is 5.87. The number of nitrogens with two attached hydrogens (primary N) is 1. The molecule has 0 aromatic rings. The van der Waals surface area contributed by atoms with Crippen LogP contribution in [0.2, 0.25) is 0 Å². The van der Waals surface area contributed by atoms with Crippen molar-refractivity contribution in [2.75, 3.05) is 13.2 Å². The van der Waals surface area contributed by atoms with Crippen LogP contribution in [0.4, 0.5) is 0 Å². The van der Waals surface area contributed by atoms with Crippen molar-refractivity contribution in [3.63, 3.8) is 0 Å². The molecule has 4 aliphatic carbocycles. The highest BCUT2D eigenvalue weighted by atomic mass is 16.6. The molecule has 0 amide bonds. The van der Waals surface area contributed by atoms with Crippen molar-refractivity contribution >= 4 is 11.5 Å². The van der Waals surface area contributed by atoms with E-state index in [2.05, 4.69) is 25.6 Å². The smallest absolute Gasteiger partial charge is 0.139 e. The molecule has 4 aliphatic rings. The Kier molecular flexibility index (Phi) is 4.53. The van der Waals surface area contributed by atoms with Gasteiger partial charge in [0.15, 0.2) is 0 Å². The lowest BCUT2D eigenvalue weighted by molar-refractivity contribution is -0.133. The standard InChI is InChI=1S/C22H34N2O2/c1-14-12-15-13-16(24-26-11-10-23)6-8-21(15,2)18-7-9-22(3)17(20(14)18)4-5-19(22)25/h15,17-18,20H,1,4-13,23H2,2-3H3/b24-16+/t15?,17?,18?,20?,21-,22-/m0/s1. The molecule has 0 aromatic heterocycles. The zero-order valence-electron chi connectivity index (χ0n) is 16.4. The first-order valence-electron chi connectivity index (χ1n) is 10.5. The fraction of sp³-hybridized carbons (Fsp3) is 0.818. The van der Waals surface area contributed by atoms with Crippen molar-refractivity contribution in [3.05, 3.63) is 12.2 Å². The molecule has 4 rings (SSSR count). The molecule has 4 fully saturated rings. The van der Waals surface area contributed by atoms with Gasteiger partial charge in [0.1, 0.15) is 12.4 Å². The number of ketones is 1. The summed E-state index contributed by atoms with van der Waals surface area (Å²) in [5.41, 5.74) is 8.38. The average Bonchev–Trinajstić information content (AvgIpc) is 2.92. The van der Waals surface area contributed by atoms with E-state index in [0.29, 0.717) is 48.0 Å². The van der Waals surface area contributed by atoms with Crippen LogP contribution in [-0.2, 0) is 9.63 Å². The maximum absolute atomic E-state index is 12.6. The summed E-state index contributed by atoms with van der Waals surface area (Å²) in [6, 6.07) is 0. The van der Waals surface area contributed by atoms with Gasteiger partial charge in [0, 0.05) is 18.4 Å². The van der Waals surface area contributed by atoms with E-state index in [1.165, 1.54) is 24.1 Å². The molecule has 6 atom stereocenters. The van der Waals surface area contributed by atoms with Crippen LogP contribution in [0.25, 0.3) is 0 Å². The highest BCUT2D eigenvalue weighted by Gasteiger charge is 2.61. The lowest BCUT2D eigenvalue weighted by Crippen LogP contribution is -2.54. The van der Waals surface area contributed by atoms with Crippen molar-refractivity contribution in [1.82, 2.24) is 0 Å². The molecule has 0 aliphatic heterocycles. The van der Waals surface area contributed by atoms with Crippen molar-refractivity contribution < 1.29 is 9.63 Å². The molecule has 26 heavy (non-hydrogen) atoms. The van der Waals surface area contributed by atoms with E-state index in [1.807, 2.05) is 0 Å². The Morgan fingerprint density at radius 1 is 1.19 bits per heavy atom. The fourth-order valence-electron chi connectivity index (χ4n) is 6.98. The summed E-state index contributed by atoms with van der Waals surface area (Å²) in [5.74, 6) is 2.89. The predicted molar refractivity (Wildman–Crippen MR) is 104 cm³/mol. The number of carbonyl (C=O) groups is 1. The van der Waals surface area contributed by atoms with Gasteiger partial charge in [-0.3, -0.25) is 4.79 Å². The summed E-state index contributed by atoms with van der Waals surface area (Å²) in [6.07, 6.45) is 8.48. The molecular formula is C22H34N2O2. The molecule has 4 unspecified atom stereocenters. The van der Waals surface area contributed by atoms with E-state index >= 15 is 0 Å². The minimum Gasteiger partial charge on any atom is -0.395 e. The highest BCUT2D eigenvalue weighted by Crippen LogP contribution is 2.66. The summed E-state index contributed by atoms with van der Waals surface area (Å²) >= 11 is 0. The lowest BCUT2D eigenvalue weighted by Gasteiger charge is -2.60.